The Kier molecular flexibility index (Phi) is 2.62. The highest BCUT2D eigenvalue weighted by atomic mass is 19.4. The van der Waals surface area contributed by atoms with Crippen LogP contribution in [0.1, 0.15) is 20.8 Å². The maximum absolute atomic E-state index is 12.2. The van der Waals surface area contributed by atoms with Gasteiger partial charge >= 0.3 is 12.1 Å². The van der Waals surface area contributed by atoms with Gasteiger partial charge in [-0.05, 0) is 18.3 Å². The van der Waals surface area contributed by atoms with E-state index in [1.807, 2.05) is 0 Å². The molecule has 5 heteroatoms. The molecule has 86 valence electrons. The van der Waals surface area contributed by atoms with Crippen molar-refractivity contribution in [2.24, 2.45) is 17.3 Å². The normalized spacial score (nSPS) is 30.1. The molecule has 1 saturated carbocycles. The Hall–Kier alpha value is -1.00. The standard InChI is InChI=1S/C10H13F3O2/c1-5(10(11,12)13)4-6-7(8(14)15)9(6,2)3/h4,6-7H,1-3H3,(H,14,15)/b5-4-. The Balaban J connectivity index is 2.83. The molecular formula is C10H13F3O2. The largest absolute Gasteiger partial charge is 0.481 e. The van der Waals surface area contributed by atoms with E-state index in [0.29, 0.717) is 0 Å². The fraction of sp³-hybridized carbons (Fsp3) is 0.700. The molecule has 15 heavy (non-hydrogen) atoms. The molecular weight excluding hydrogens is 209 g/mol. The van der Waals surface area contributed by atoms with E-state index in [1.165, 1.54) is 0 Å². The first kappa shape index (κ1) is 12.1. The summed E-state index contributed by atoms with van der Waals surface area (Å²) >= 11 is 0. The minimum absolute atomic E-state index is 0.517. The van der Waals surface area contributed by atoms with E-state index < -0.39 is 35.0 Å². The van der Waals surface area contributed by atoms with Gasteiger partial charge < -0.3 is 5.11 Å². The molecule has 1 rings (SSSR count). The zero-order chi connectivity index (χ0) is 12.0. The molecule has 0 amide bonds. The van der Waals surface area contributed by atoms with Gasteiger partial charge in [-0.1, -0.05) is 19.9 Å². The van der Waals surface area contributed by atoms with Crippen molar-refractivity contribution >= 4 is 5.97 Å². The summed E-state index contributed by atoms with van der Waals surface area (Å²) in [4.78, 5) is 10.7. The highest BCUT2D eigenvalue weighted by Gasteiger charge is 2.61. The van der Waals surface area contributed by atoms with Crippen LogP contribution in [0.25, 0.3) is 0 Å². The Morgan fingerprint density at radius 2 is 1.87 bits per heavy atom. The van der Waals surface area contributed by atoms with Crippen LogP contribution in [0.5, 0.6) is 0 Å². The van der Waals surface area contributed by atoms with Gasteiger partial charge in [-0.25, -0.2) is 0 Å². The molecule has 1 aliphatic rings. The average Bonchev–Trinajstić information content (AvgIpc) is 2.50. The van der Waals surface area contributed by atoms with Crippen LogP contribution in [0.4, 0.5) is 13.2 Å². The number of carbonyl (C=O) groups is 1. The lowest BCUT2D eigenvalue weighted by Crippen LogP contribution is -2.09. The average molecular weight is 222 g/mol. The third-order valence-corrected chi connectivity index (χ3v) is 3.05. The third kappa shape index (κ3) is 2.16. The van der Waals surface area contributed by atoms with Crippen LogP contribution in [0, 0.1) is 17.3 Å². The smallest absolute Gasteiger partial charge is 0.412 e. The quantitative estimate of drug-likeness (QED) is 0.729. The first-order valence-corrected chi connectivity index (χ1v) is 4.57. The number of alkyl halides is 3. The van der Waals surface area contributed by atoms with Crippen LogP contribution >= 0.6 is 0 Å². The molecule has 1 N–H and O–H groups in total. The van der Waals surface area contributed by atoms with Gasteiger partial charge in [0.05, 0.1) is 5.92 Å². The summed E-state index contributed by atoms with van der Waals surface area (Å²) < 4.78 is 36.6. The van der Waals surface area contributed by atoms with E-state index in [1.54, 1.807) is 13.8 Å². The summed E-state index contributed by atoms with van der Waals surface area (Å²) in [5.74, 6) is -2.25. The summed E-state index contributed by atoms with van der Waals surface area (Å²) in [5, 5.41) is 8.76. The van der Waals surface area contributed by atoms with E-state index >= 15 is 0 Å². The van der Waals surface area contributed by atoms with E-state index in [9.17, 15) is 18.0 Å². The lowest BCUT2D eigenvalue weighted by atomic mass is 10.1. The fourth-order valence-corrected chi connectivity index (χ4v) is 1.82. The monoisotopic (exact) mass is 222 g/mol. The molecule has 0 aliphatic heterocycles. The van der Waals surface area contributed by atoms with Crippen molar-refractivity contribution in [3.05, 3.63) is 11.6 Å². The second kappa shape index (κ2) is 3.25. The van der Waals surface area contributed by atoms with Crippen molar-refractivity contribution in [3.8, 4) is 0 Å². The summed E-state index contributed by atoms with van der Waals surface area (Å²) in [6.07, 6.45) is -3.33. The van der Waals surface area contributed by atoms with Crippen molar-refractivity contribution in [2.45, 2.75) is 26.9 Å². The predicted octanol–water partition coefficient (Wildman–Crippen LogP) is 2.85. The van der Waals surface area contributed by atoms with E-state index in [2.05, 4.69) is 0 Å². The summed E-state index contributed by atoms with van der Waals surface area (Å²) in [6.45, 7) is 4.29. The summed E-state index contributed by atoms with van der Waals surface area (Å²) in [7, 11) is 0. The minimum Gasteiger partial charge on any atom is -0.481 e. The molecule has 0 heterocycles. The van der Waals surface area contributed by atoms with Crippen LogP contribution < -0.4 is 0 Å². The molecule has 0 spiro atoms. The maximum atomic E-state index is 12.2. The third-order valence-electron chi connectivity index (χ3n) is 3.05. The van der Waals surface area contributed by atoms with Crippen LogP contribution in [0.15, 0.2) is 11.6 Å². The highest BCUT2D eigenvalue weighted by Crippen LogP contribution is 2.59. The molecule has 2 atom stereocenters. The van der Waals surface area contributed by atoms with Gasteiger partial charge in [0.25, 0.3) is 0 Å². The van der Waals surface area contributed by atoms with Gasteiger partial charge in [-0.3, -0.25) is 4.79 Å². The highest BCUT2D eigenvalue weighted by molar-refractivity contribution is 5.76. The zero-order valence-corrected chi connectivity index (χ0v) is 8.72. The SMILES string of the molecule is C/C(=C/C1C(C(=O)O)C1(C)C)C(F)(F)F. The first-order valence-electron chi connectivity index (χ1n) is 4.57. The first-order chi connectivity index (χ1) is 6.58. The Bertz CT molecular complexity index is 315. The molecule has 0 aromatic heterocycles. The molecule has 0 bridgehead atoms. The molecule has 2 nitrogen and oxygen atoms in total. The molecule has 0 radical (unpaired) electrons. The fourth-order valence-electron chi connectivity index (χ4n) is 1.82. The van der Waals surface area contributed by atoms with Crippen LogP contribution in [0.2, 0.25) is 0 Å². The topological polar surface area (TPSA) is 37.3 Å². The predicted molar refractivity (Wildman–Crippen MR) is 48.2 cm³/mol. The summed E-state index contributed by atoms with van der Waals surface area (Å²) in [6, 6.07) is 0. The van der Waals surface area contributed by atoms with Gasteiger partial charge in [0, 0.05) is 5.57 Å². The molecule has 0 saturated heterocycles. The van der Waals surface area contributed by atoms with Crippen molar-refractivity contribution in [3.63, 3.8) is 0 Å². The van der Waals surface area contributed by atoms with Gasteiger partial charge in [-0.15, -0.1) is 0 Å². The number of hydrogen-bond donors (Lipinski definition) is 1. The number of carboxylic acid groups (broad SMARTS) is 1. The number of allylic oxidation sites excluding steroid dienone is 2. The number of halogens is 3. The maximum Gasteiger partial charge on any atom is 0.412 e. The van der Waals surface area contributed by atoms with Gasteiger partial charge in [0.2, 0.25) is 0 Å². The molecule has 1 fully saturated rings. The van der Waals surface area contributed by atoms with Crippen molar-refractivity contribution in [1.29, 1.82) is 0 Å². The van der Waals surface area contributed by atoms with Crippen LogP contribution in [-0.2, 0) is 4.79 Å². The van der Waals surface area contributed by atoms with Crippen molar-refractivity contribution in [1.82, 2.24) is 0 Å². The Morgan fingerprint density at radius 1 is 1.40 bits per heavy atom. The molecule has 1 aliphatic carbocycles. The second-order valence-electron chi connectivity index (χ2n) is 4.51. The van der Waals surface area contributed by atoms with E-state index in [-0.39, 0.29) is 0 Å². The van der Waals surface area contributed by atoms with Gasteiger partial charge in [0.1, 0.15) is 0 Å². The lowest BCUT2D eigenvalue weighted by Gasteiger charge is -2.06. The van der Waals surface area contributed by atoms with E-state index in [0.717, 1.165) is 13.0 Å². The second-order valence-corrected chi connectivity index (χ2v) is 4.51. The molecule has 0 aromatic rings. The Morgan fingerprint density at radius 3 is 2.13 bits per heavy atom. The number of aliphatic carboxylic acids is 1. The van der Waals surface area contributed by atoms with Crippen LogP contribution in [-0.4, -0.2) is 17.3 Å². The van der Waals surface area contributed by atoms with Crippen molar-refractivity contribution in [2.75, 3.05) is 0 Å². The zero-order valence-electron chi connectivity index (χ0n) is 8.72. The van der Waals surface area contributed by atoms with Gasteiger partial charge in [0.15, 0.2) is 0 Å². The van der Waals surface area contributed by atoms with E-state index in [4.69, 9.17) is 5.11 Å². The number of rotatable bonds is 2. The molecule has 2 unspecified atom stereocenters. The number of hydrogen-bond acceptors (Lipinski definition) is 1. The summed E-state index contributed by atoms with van der Waals surface area (Å²) in [5.41, 5.74) is -1.29. The van der Waals surface area contributed by atoms with Gasteiger partial charge in [-0.2, -0.15) is 13.2 Å². The van der Waals surface area contributed by atoms with Crippen molar-refractivity contribution < 1.29 is 23.1 Å². The lowest BCUT2D eigenvalue weighted by molar-refractivity contribution is -0.139. The van der Waals surface area contributed by atoms with Crippen LogP contribution in [0.3, 0.4) is 0 Å². The number of carboxylic acids is 1. The minimum atomic E-state index is -4.36. The molecule has 0 aromatic carbocycles. The Labute approximate surface area is 85.8 Å².